The molecule has 2 heterocycles. The van der Waals surface area contributed by atoms with Gasteiger partial charge in [0.25, 0.3) is 0 Å². The lowest BCUT2D eigenvalue weighted by molar-refractivity contribution is -0.126. The molecule has 0 aromatic carbocycles. The molecule has 194 valence electrons. The Balaban J connectivity index is 2.30. The van der Waals surface area contributed by atoms with Crippen LogP contribution in [0.15, 0.2) is 17.1 Å². The van der Waals surface area contributed by atoms with Crippen molar-refractivity contribution in [2.75, 3.05) is 13.2 Å². The molecule has 5 N–H and O–H groups in total. The van der Waals surface area contributed by atoms with E-state index < -0.39 is 49.1 Å². The molecule has 0 aliphatic rings. The first kappa shape index (κ1) is 28.6. The number of rotatable bonds is 13. The van der Waals surface area contributed by atoms with E-state index in [-0.39, 0.29) is 19.4 Å². The van der Waals surface area contributed by atoms with E-state index in [1.807, 2.05) is 6.92 Å². The number of aryl methyl sites for hydroxylation is 1. The van der Waals surface area contributed by atoms with Crippen molar-refractivity contribution >= 4 is 18.6 Å². The van der Waals surface area contributed by atoms with Gasteiger partial charge in [0.2, 0.25) is 0 Å². The molecule has 0 radical (unpaired) electrons. The highest BCUT2D eigenvalue weighted by Gasteiger charge is 2.49. The predicted octanol–water partition coefficient (Wildman–Crippen LogP) is 2.42. The van der Waals surface area contributed by atoms with E-state index in [0.717, 1.165) is 10.3 Å². The first-order valence-electron chi connectivity index (χ1n) is 11.5. The molecule has 2 aromatic rings. The number of H-pyrrole nitrogens is 1. The largest absolute Gasteiger partial charge is 0.394 e. The van der Waals surface area contributed by atoms with Gasteiger partial charge in [-0.25, -0.2) is 4.79 Å². The predicted molar refractivity (Wildman–Crippen MR) is 127 cm³/mol. The van der Waals surface area contributed by atoms with E-state index in [0.29, 0.717) is 17.5 Å². The summed E-state index contributed by atoms with van der Waals surface area (Å²) in [6, 6.07) is 1.78. The average molecular weight is 504 g/mol. The Kier molecular flexibility index (Phi) is 9.26. The number of nitrogens with zero attached hydrogens (tertiary/aromatic N) is 2. The Bertz CT molecular complexity index is 1070. The molecule has 5 atom stereocenters. The summed E-state index contributed by atoms with van der Waals surface area (Å²) < 4.78 is 25.6. The number of aromatic amines is 1. The zero-order valence-electron chi connectivity index (χ0n) is 20.7. The fourth-order valence-electron chi connectivity index (χ4n) is 3.73. The van der Waals surface area contributed by atoms with Gasteiger partial charge in [-0.05, 0) is 39.2 Å². The molecule has 3 unspecified atom stereocenters. The van der Waals surface area contributed by atoms with Gasteiger partial charge < -0.3 is 29.9 Å². The molecule has 0 bridgehead atoms. The average Bonchev–Trinajstić information content (AvgIpc) is 3.16. The molecule has 34 heavy (non-hydrogen) atoms. The second-order valence-corrected chi connectivity index (χ2v) is 11.1. The number of hydrogen-bond acceptors (Lipinski definition) is 8. The third-order valence-corrected chi connectivity index (χ3v) is 9.06. The van der Waals surface area contributed by atoms with Gasteiger partial charge in [0.05, 0.1) is 18.8 Å². The number of hydrogen-bond donors (Lipinski definition) is 5. The van der Waals surface area contributed by atoms with Gasteiger partial charge in [-0.3, -0.25) is 13.7 Å². The topological polar surface area (TPSA) is 167 Å². The minimum Gasteiger partial charge on any atom is -0.394 e. The standard InChI is InChI=1S/C22H38N3O8P/c1-7-21(6,33-34(30,31)22(29,8-2)9-3)14(4)13-32-19(17(27)12-26)25-11-16-10-15(5)23-18(16)24-20(25)28/h10-11,14,17,19,26-27,29H,7-9,12-13H2,1-6H3,(H,30,31)(H,23,24,28)/t14?,17-,19-,21?/m1/s1. The molecule has 2 rings (SSSR count). The summed E-state index contributed by atoms with van der Waals surface area (Å²) in [4.78, 5) is 30.1. The summed E-state index contributed by atoms with van der Waals surface area (Å²) in [6.07, 6.45) is -0.769. The molecule has 0 aliphatic carbocycles. The van der Waals surface area contributed by atoms with E-state index in [4.69, 9.17) is 9.26 Å². The first-order chi connectivity index (χ1) is 15.8. The van der Waals surface area contributed by atoms with Crippen molar-refractivity contribution < 1.29 is 34.0 Å². The fourth-order valence-corrected chi connectivity index (χ4v) is 5.58. The van der Waals surface area contributed by atoms with E-state index in [9.17, 15) is 29.6 Å². The molecule has 12 heteroatoms. The molecule has 0 saturated carbocycles. The molecule has 0 spiro atoms. The van der Waals surface area contributed by atoms with Gasteiger partial charge in [0.15, 0.2) is 11.6 Å². The fraction of sp³-hybridized carbons (Fsp3) is 0.727. The van der Waals surface area contributed by atoms with Gasteiger partial charge in [-0.15, -0.1) is 0 Å². The van der Waals surface area contributed by atoms with Crippen molar-refractivity contribution in [3.05, 3.63) is 28.4 Å². The number of aromatic nitrogens is 3. The zero-order valence-corrected chi connectivity index (χ0v) is 21.6. The van der Waals surface area contributed by atoms with Crippen LogP contribution in [0.5, 0.6) is 0 Å². The van der Waals surface area contributed by atoms with Crippen LogP contribution in [0.3, 0.4) is 0 Å². The smallest absolute Gasteiger partial charge is 0.359 e. The Morgan fingerprint density at radius 3 is 2.41 bits per heavy atom. The summed E-state index contributed by atoms with van der Waals surface area (Å²) in [6.45, 7) is 9.46. The normalized spacial score (nSPS) is 18.9. The van der Waals surface area contributed by atoms with Crippen molar-refractivity contribution in [1.82, 2.24) is 14.5 Å². The summed E-state index contributed by atoms with van der Waals surface area (Å²) in [5.41, 5.74) is -0.640. The Morgan fingerprint density at radius 2 is 1.88 bits per heavy atom. The lowest BCUT2D eigenvalue weighted by Gasteiger charge is -2.40. The number of nitrogens with one attached hydrogen (secondary N) is 1. The molecular weight excluding hydrogens is 465 g/mol. The van der Waals surface area contributed by atoms with Crippen LogP contribution in [0, 0.1) is 12.8 Å². The molecular formula is C22H38N3O8P. The Morgan fingerprint density at radius 1 is 1.26 bits per heavy atom. The molecule has 0 amide bonds. The Hall–Kier alpha value is -1.59. The van der Waals surface area contributed by atoms with Crippen molar-refractivity contribution in [2.45, 2.75) is 84.1 Å². The van der Waals surface area contributed by atoms with Crippen LogP contribution in [-0.2, 0) is 13.8 Å². The van der Waals surface area contributed by atoms with Crippen LogP contribution in [-0.4, -0.2) is 65.0 Å². The minimum absolute atomic E-state index is 0.0454. The minimum atomic E-state index is -4.43. The highest BCUT2D eigenvalue weighted by atomic mass is 31.2. The van der Waals surface area contributed by atoms with Crippen LogP contribution < -0.4 is 5.69 Å². The van der Waals surface area contributed by atoms with Crippen LogP contribution in [0.25, 0.3) is 11.0 Å². The maximum atomic E-state index is 13.0. The van der Waals surface area contributed by atoms with Gasteiger partial charge >= 0.3 is 13.3 Å². The van der Waals surface area contributed by atoms with Crippen molar-refractivity contribution in [1.29, 1.82) is 0 Å². The maximum Gasteiger partial charge on any atom is 0.359 e. The molecule has 0 aliphatic heterocycles. The SMILES string of the molecule is CCC(C)(OP(=O)(O)C(O)(CC)CC)C(C)CO[C@H]([C@H](O)CO)n1cc2cc(C)[nH]c2nc1=O. The van der Waals surface area contributed by atoms with Crippen LogP contribution in [0.2, 0.25) is 0 Å². The van der Waals surface area contributed by atoms with Crippen LogP contribution >= 0.6 is 7.60 Å². The summed E-state index contributed by atoms with van der Waals surface area (Å²) in [5, 5.41) is 29.3. The zero-order chi connectivity index (χ0) is 25.9. The van der Waals surface area contributed by atoms with Gasteiger partial charge in [0.1, 0.15) is 11.8 Å². The third kappa shape index (κ3) is 5.79. The van der Waals surface area contributed by atoms with Crippen LogP contribution in [0.1, 0.15) is 65.8 Å². The lowest BCUT2D eigenvalue weighted by atomic mass is 9.89. The van der Waals surface area contributed by atoms with Gasteiger partial charge in [-0.2, -0.15) is 4.98 Å². The first-order valence-corrected chi connectivity index (χ1v) is 13.1. The van der Waals surface area contributed by atoms with E-state index >= 15 is 0 Å². The number of ether oxygens (including phenoxy) is 1. The second-order valence-electron chi connectivity index (χ2n) is 9.03. The molecule has 11 nitrogen and oxygen atoms in total. The summed E-state index contributed by atoms with van der Waals surface area (Å²) in [7, 11) is -4.43. The molecule has 0 fully saturated rings. The quantitative estimate of drug-likeness (QED) is 0.258. The number of fused-ring (bicyclic) bond motifs is 1. The van der Waals surface area contributed by atoms with Crippen molar-refractivity contribution in [3.63, 3.8) is 0 Å². The summed E-state index contributed by atoms with van der Waals surface area (Å²) >= 11 is 0. The van der Waals surface area contributed by atoms with Crippen molar-refractivity contribution in [2.24, 2.45) is 5.92 Å². The van der Waals surface area contributed by atoms with Gasteiger partial charge in [-0.1, -0.05) is 27.7 Å². The second kappa shape index (κ2) is 11.0. The van der Waals surface area contributed by atoms with Crippen molar-refractivity contribution in [3.8, 4) is 0 Å². The number of aliphatic hydroxyl groups excluding tert-OH is 2. The van der Waals surface area contributed by atoms with Crippen LogP contribution in [0.4, 0.5) is 0 Å². The third-order valence-electron chi connectivity index (χ3n) is 6.71. The van der Waals surface area contributed by atoms with Gasteiger partial charge in [0, 0.05) is 23.2 Å². The number of aliphatic hydroxyl groups is 3. The van der Waals surface area contributed by atoms with E-state index in [1.165, 1.54) is 6.20 Å². The summed E-state index contributed by atoms with van der Waals surface area (Å²) in [5.74, 6) is -0.494. The highest BCUT2D eigenvalue weighted by Crippen LogP contribution is 2.60. The molecule has 2 aromatic heterocycles. The van der Waals surface area contributed by atoms with E-state index in [2.05, 4.69) is 9.97 Å². The van der Waals surface area contributed by atoms with E-state index in [1.54, 1.807) is 40.7 Å². The maximum absolute atomic E-state index is 13.0. The molecule has 0 saturated heterocycles. The Labute approximate surface area is 199 Å². The lowest BCUT2D eigenvalue weighted by Crippen LogP contribution is -2.43. The highest BCUT2D eigenvalue weighted by molar-refractivity contribution is 7.54. The monoisotopic (exact) mass is 503 g/mol.